The van der Waals surface area contributed by atoms with E-state index < -0.39 is 0 Å². The normalized spacial score (nSPS) is 20.9. The maximum absolute atomic E-state index is 5.63. The van der Waals surface area contributed by atoms with E-state index in [4.69, 9.17) is 19.5 Å². The number of rotatable bonds is 4. The predicted octanol–water partition coefficient (Wildman–Crippen LogP) is 2.60. The number of ether oxygens (including phenoxy) is 2. The van der Waals surface area contributed by atoms with Gasteiger partial charge in [-0.1, -0.05) is 18.2 Å². The van der Waals surface area contributed by atoms with Crippen LogP contribution in [0.5, 0.6) is 5.75 Å². The van der Waals surface area contributed by atoms with E-state index in [1.54, 1.807) is 14.2 Å². The Morgan fingerprint density at radius 3 is 2.60 bits per heavy atom. The van der Waals surface area contributed by atoms with E-state index in [1.807, 2.05) is 24.3 Å². The van der Waals surface area contributed by atoms with Crippen LogP contribution in [-0.4, -0.2) is 81.2 Å². The molecule has 0 bridgehead atoms. The van der Waals surface area contributed by atoms with Crippen LogP contribution in [0.15, 0.2) is 58.5 Å². The number of fused-ring (bicyclic) bond motifs is 3. The Morgan fingerprint density at radius 2 is 1.80 bits per heavy atom. The predicted molar refractivity (Wildman–Crippen MR) is 119 cm³/mol. The van der Waals surface area contributed by atoms with E-state index >= 15 is 0 Å². The Kier molecular flexibility index (Phi) is 5.04. The van der Waals surface area contributed by atoms with Gasteiger partial charge in [0.25, 0.3) is 6.02 Å². The summed E-state index contributed by atoms with van der Waals surface area (Å²) < 4.78 is 11.0. The number of nitrogens with zero attached hydrogens (tertiary/aromatic N) is 5. The number of amidine groups is 2. The molecule has 7 nitrogen and oxygen atoms in total. The van der Waals surface area contributed by atoms with Crippen molar-refractivity contribution in [2.75, 3.05) is 58.4 Å². The third-order valence-electron chi connectivity index (χ3n) is 6.05. The zero-order valence-corrected chi connectivity index (χ0v) is 17.5. The summed E-state index contributed by atoms with van der Waals surface area (Å²) in [4.78, 5) is 16.7. The Hall–Kier alpha value is -3.06. The van der Waals surface area contributed by atoms with Crippen molar-refractivity contribution >= 4 is 23.2 Å². The molecule has 1 saturated heterocycles. The molecular formula is C23H27N5O2. The van der Waals surface area contributed by atoms with E-state index in [0.29, 0.717) is 6.02 Å². The van der Waals surface area contributed by atoms with Crippen LogP contribution in [0.3, 0.4) is 0 Å². The van der Waals surface area contributed by atoms with Gasteiger partial charge in [0, 0.05) is 50.0 Å². The monoisotopic (exact) mass is 405 g/mol. The summed E-state index contributed by atoms with van der Waals surface area (Å²) in [5.74, 6) is 1.89. The van der Waals surface area contributed by atoms with Crippen LogP contribution in [0.25, 0.3) is 0 Å². The highest BCUT2D eigenvalue weighted by Crippen LogP contribution is 2.31. The van der Waals surface area contributed by atoms with Gasteiger partial charge in [0.1, 0.15) is 11.6 Å². The molecule has 1 atom stereocenters. The van der Waals surface area contributed by atoms with E-state index in [9.17, 15) is 0 Å². The quantitative estimate of drug-likeness (QED) is 0.783. The molecule has 5 rings (SSSR count). The molecule has 2 aromatic rings. The topological polar surface area (TPSA) is 52.9 Å². The Labute approximate surface area is 177 Å². The van der Waals surface area contributed by atoms with Gasteiger partial charge < -0.3 is 14.4 Å². The molecule has 2 aromatic carbocycles. The summed E-state index contributed by atoms with van der Waals surface area (Å²) in [5, 5.41) is 0. The molecular weight excluding hydrogens is 378 g/mol. The van der Waals surface area contributed by atoms with E-state index in [0.717, 1.165) is 62.1 Å². The molecule has 0 saturated carbocycles. The van der Waals surface area contributed by atoms with E-state index in [1.165, 1.54) is 5.69 Å². The lowest BCUT2D eigenvalue weighted by Gasteiger charge is -2.39. The fourth-order valence-corrected chi connectivity index (χ4v) is 4.48. The van der Waals surface area contributed by atoms with Crippen LogP contribution in [0.1, 0.15) is 5.56 Å². The van der Waals surface area contributed by atoms with Gasteiger partial charge in [0.05, 0.1) is 32.5 Å². The second-order valence-corrected chi connectivity index (χ2v) is 7.79. The second-order valence-electron chi connectivity index (χ2n) is 7.79. The number of hydrogen-bond donors (Lipinski definition) is 0. The van der Waals surface area contributed by atoms with Crippen molar-refractivity contribution < 1.29 is 9.47 Å². The molecule has 0 aliphatic carbocycles. The first kappa shape index (κ1) is 18.9. The fourth-order valence-electron chi connectivity index (χ4n) is 4.48. The summed E-state index contributed by atoms with van der Waals surface area (Å²) in [5.41, 5.74) is 3.24. The standard InChI is InChI=1S/C23H27N5O2/c1-29-19-7-5-6-17(14-19)27-12-10-26(11-13-27)16-18-15-24-22-20-8-3-4-9-21(20)25-23(30-2)28(18)22/h3-9,14,18H,10-13,15-16H2,1-2H3. The molecule has 0 spiro atoms. The van der Waals surface area contributed by atoms with Crippen LogP contribution >= 0.6 is 0 Å². The van der Waals surface area contributed by atoms with Gasteiger partial charge in [0.2, 0.25) is 0 Å². The van der Waals surface area contributed by atoms with Crippen molar-refractivity contribution in [2.45, 2.75) is 6.04 Å². The number of anilines is 1. The molecule has 3 aliphatic heterocycles. The van der Waals surface area contributed by atoms with Crippen molar-refractivity contribution in [3.63, 3.8) is 0 Å². The van der Waals surface area contributed by atoms with E-state index in [2.05, 4.69) is 39.0 Å². The van der Waals surface area contributed by atoms with Gasteiger partial charge in [-0.2, -0.15) is 4.99 Å². The number of benzene rings is 2. The largest absolute Gasteiger partial charge is 0.497 e. The minimum Gasteiger partial charge on any atom is -0.497 e. The molecule has 0 amide bonds. The molecule has 3 aliphatic rings. The van der Waals surface area contributed by atoms with Crippen molar-refractivity contribution in [1.82, 2.24) is 9.80 Å². The minimum atomic E-state index is 0.246. The maximum Gasteiger partial charge on any atom is 0.298 e. The van der Waals surface area contributed by atoms with Gasteiger partial charge in [-0.15, -0.1) is 0 Å². The number of piperazine rings is 1. The van der Waals surface area contributed by atoms with Gasteiger partial charge in [-0.25, -0.2) is 0 Å². The average Bonchev–Trinajstić information content (AvgIpc) is 3.23. The maximum atomic E-state index is 5.63. The minimum absolute atomic E-state index is 0.246. The molecule has 0 radical (unpaired) electrons. The van der Waals surface area contributed by atoms with Crippen LogP contribution < -0.4 is 9.64 Å². The lowest BCUT2D eigenvalue weighted by atomic mass is 10.1. The van der Waals surface area contributed by atoms with Gasteiger partial charge >= 0.3 is 0 Å². The lowest BCUT2D eigenvalue weighted by molar-refractivity contribution is 0.207. The number of hydrogen-bond acceptors (Lipinski definition) is 7. The van der Waals surface area contributed by atoms with Crippen molar-refractivity contribution in [3.8, 4) is 5.75 Å². The lowest BCUT2D eigenvalue weighted by Crippen LogP contribution is -2.53. The molecule has 156 valence electrons. The summed E-state index contributed by atoms with van der Waals surface area (Å²) in [7, 11) is 3.40. The third kappa shape index (κ3) is 3.39. The number of methoxy groups -OCH3 is 2. The average molecular weight is 406 g/mol. The van der Waals surface area contributed by atoms with Crippen molar-refractivity contribution in [1.29, 1.82) is 0 Å². The Balaban J connectivity index is 1.25. The Bertz CT molecular complexity index is 981. The second kappa shape index (κ2) is 7.99. The summed E-state index contributed by atoms with van der Waals surface area (Å²) in [6.07, 6.45) is 0. The third-order valence-corrected chi connectivity index (χ3v) is 6.05. The van der Waals surface area contributed by atoms with Gasteiger partial charge in [0.15, 0.2) is 0 Å². The van der Waals surface area contributed by atoms with E-state index in [-0.39, 0.29) is 6.04 Å². The smallest absolute Gasteiger partial charge is 0.298 e. The highest BCUT2D eigenvalue weighted by molar-refractivity contribution is 6.14. The first-order valence-corrected chi connectivity index (χ1v) is 10.4. The van der Waals surface area contributed by atoms with Gasteiger partial charge in [-0.05, 0) is 24.3 Å². The summed E-state index contributed by atoms with van der Waals surface area (Å²) in [6.45, 7) is 5.76. The molecule has 1 unspecified atom stereocenters. The molecule has 7 heteroatoms. The molecule has 3 heterocycles. The van der Waals surface area contributed by atoms with Crippen LogP contribution in [0, 0.1) is 0 Å². The van der Waals surface area contributed by atoms with Crippen molar-refractivity contribution in [3.05, 3.63) is 54.1 Å². The highest BCUT2D eigenvalue weighted by atomic mass is 16.5. The number of para-hydroxylation sites is 1. The first-order valence-electron chi connectivity index (χ1n) is 10.4. The SMILES string of the molecule is COC1=Nc2ccccc2C2=NCC(CN3CCN(c4cccc(OC)c4)CC3)N12. The molecule has 1 fully saturated rings. The molecule has 0 aromatic heterocycles. The van der Waals surface area contributed by atoms with Gasteiger partial charge in [-0.3, -0.25) is 14.8 Å². The van der Waals surface area contributed by atoms with Crippen molar-refractivity contribution in [2.24, 2.45) is 9.98 Å². The Morgan fingerprint density at radius 1 is 0.967 bits per heavy atom. The highest BCUT2D eigenvalue weighted by Gasteiger charge is 2.38. The summed E-state index contributed by atoms with van der Waals surface area (Å²) in [6, 6.07) is 17.3. The zero-order chi connectivity index (χ0) is 20.5. The number of aliphatic imine (C=N–C) groups is 2. The van der Waals surface area contributed by atoms with Crippen LogP contribution in [-0.2, 0) is 4.74 Å². The fraction of sp³-hybridized carbons (Fsp3) is 0.391. The molecule has 0 N–H and O–H groups in total. The summed E-state index contributed by atoms with van der Waals surface area (Å²) >= 11 is 0. The zero-order valence-electron chi connectivity index (χ0n) is 17.5. The molecule has 30 heavy (non-hydrogen) atoms. The van der Waals surface area contributed by atoms with Crippen LogP contribution in [0.4, 0.5) is 11.4 Å². The first-order chi connectivity index (χ1) is 14.8. The van der Waals surface area contributed by atoms with Crippen LogP contribution in [0.2, 0.25) is 0 Å².